The topological polar surface area (TPSA) is 93.8 Å². The number of nitrogens with one attached hydrogen (secondary N) is 1. The van der Waals surface area contributed by atoms with Gasteiger partial charge in [-0.25, -0.2) is 10.2 Å². The molecule has 180 valence electrons. The predicted molar refractivity (Wildman–Crippen MR) is 126 cm³/mol. The molecule has 0 saturated heterocycles. The Morgan fingerprint density at radius 3 is 2.59 bits per heavy atom. The number of esters is 1. The molecule has 4 aliphatic carbocycles. The number of methoxy groups -OCH3 is 1. The molecule has 0 aromatic rings. The van der Waals surface area contributed by atoms with Crippen LogP contribution in [0.1, 0.15) is 91.4 Å². The first-order valence-corrected chi connectivity index (χ1v) is 12.9. The van der Waals surface area contributed by atoms with Crippen LogP contribution in [0.25, 0.3) is 0 Å². The first-order valence-electron chi connectivity index (χ1n) is 12.9. The number of hydrogen-bond acceptors (Lipinski definition) is 4. The number of hydrazone groups is 1. The molecule has 0 heterocycles. The Kier molecular flexibility index (Phi) is 6.61. The summed E-state index contributed by atoms with van der Waals surface area (Å²) in [5, 5.41) is 4.65. The molecule has 0 aliphatic heterocycles. The van der Waals surface area contributed by atoms with Gasteiger partial charge in [0.25, 0.3) is 0 Å². The molecule has 3 N–H and O–H groups in total. The number of carbonyl (C=O) groups excluding carboxylic acids is 2. The van der Waals surface area contributed by atoms with E-state index in [-0.39, 0.29) is 11.4 Å². The van der Waals surface area contributed by atoms with Crippen molar-refractivity contribution in [3.8, 4) is 0 Å². The van der Waals surface area contributed by atoms with Crippen LogP contribution in [0.5, 0.6) is 0 Å². The summed E-state index contributed by atoms with van der Waals surface area (Å²) in [5.74, 6) is 3.39. The number of amides is 2. The number of primary amides is 1. The summed E-state index contributed by atoms with van der Waals surface area (Å²) in [6, 6.07) is -0.565. The highest BCUT2D eigenvalue weighted by atomic mass is 16.5. The third-order valence-electron chi connectivity index (χ3n) is 10.5. The van der Waals surface area contributed by atoms with Crippen molar-refractivity contribution in [2.24, 2.45) is 57.2 Å². The van der Waals surface area contributed by atoms with Crippen LogP contribution < -0.4 is 11.2 Å². The third-order valence-corrected chi connectivity index (χ3v) is 10.5. The number of carbonyl (C=O) groups is 2. The van der Waals surface area contributed by atoms with Gasteiger partial charge >= 0.3 is 12.0 Å². The van der Waals surface area contributed by atoms with Crippen LogP contribution in [0, 0.1) is 46.3 Å². The molecule has 0 spiro atoms. The van der Waals surface area contributed by atoms with Crippen LogP contribution in [0.4, 0.5) is 4.79 Å². The van der Waals surface area contributed by atoms with Gasteiger partial charge in [-0.1, -0.05) is 33.6 Å². The molecule has 0 radical (unpaired) electrons. The quantitative estimate of drug-likeness (QED) is 0.446. The monoisotopic (exact) mass is 445 g/mol. The fourth-order valence-corrected chi connectivity index (χ4v) is 8.86. The maximum atomic E-state index is 11.7. The number of nitrogens with zero attached hydrogens (tertiary/aromatic N) is 1. The zero-order chi connectivity index (χ0) is 23.1. The number of nitrogens with two attached hydrogens (primary N) is 1. The van der Waals surface area contributed by atoms with Gasteiger partial charge in [0.05, 0.1) is 7.11 Å². The highest BCUT2D eigenvalue weighted by molar-refractivity contribution is 5.90. The van der Waals surface area contributed by atoms with Gasteiger partial charge in [-0.2, -0.15) is 5.10 Å². The van der Waals surface area contributed by atoms with Gasteiger partial charge in [-0.05, 0) is 91.8 Å². The molecule has 2 amide bonds. The average molecular weight is 446 g/mol. The van der Waals surface area contributed by atoms with E-state index >= 15 is 0 Å². The second-order valence-electron chi connectivity index (χ2n) is 11.8. The van der Waals surface area contributed by atoms with E-state index < -0.39 is 6.03 Å². The van der Waals surface area contributed by atoms with E-state index in [1.807, 2.05) is 0 Å². The van der Waals surface area contributed by atoms with Crippen molar-refractivity contribution in [2.45, 2.75) is 91.4 Å². The van der Waals surface area contributed by atoms with Crippen LogP contribution in [0.15, 0.2) is 5.10 Å². The van der Waals surface area contributed by atoms with E-state index in [0.717, 1.165) is 12.8 Å². The molecule has 0 bridgehead atoms. The van der Waals surface area contributed by atoms with E-state index in [2.05, 4.69) is 31.3 Å². The molecular formula is C26H43N3O3. The number of urea groups is 1. The summed E-state index contributed by atoms with van der Waals surface area (Å²) in [5.41, 5.74) is 9.87. The van der Waals surface area contributed by atoms with Crippen LogP contribution in [0.3, 0.4) is 0 Å². The van der Waals surface area contributed by atoms with E-state index in [1.54, 1.807) is 0 Å². The van der Waals surface area contributed by atoms with E-state index in [1.165, 1.54) is 64.2 Å². The van der Waals surface area contributed by atoms with E-state index in [4.69, 9.17) is 10.5 Å². The number of ether oxygens (including phenoxy) is 1. The highest BCUT2D eigenvalue weighted by Gasteiger charge is 2.62. The fourth-order valence-electron chi connectivity index (χ4n) is 8.86. The Labute approximate surface area is 193 Å². The minimum atomic E-state index is -0.565. The zero-order valence-corrected chi connectivity index (χ0v) is 20.5. The average Bonchev–Trinajstić information content (AvgIpc) is 3.12. The summed E-state index contributed by atoms with van der Waals surface area (Å²) in [7, 11) is 1.48. The SMILES string of the molecule is COC(=O)CC[C@H](C)[C@H]1CC[C@H]2[C@H]3/C(=N\NC(N)=O)C[C@@H]4CCCC[C@]4(C)[C@@H]3CC[C@]12C. The van der Waals surface area contributed by atoms with Crippen LogP contribution in [-0.2, 0) is 9.53 Å². The van der Waals surface area contributed by atoms with Crippen molar-refractivity contribution in [1.29, 1.82) is 0 Å². The van der Waals surface area contributed by atoms with Crippen molar-refractivity contribution in [3.63, 3.8) is 0 Å². The number of rotatable bonds is 5. The molecule has 8 atom stereocenters. The lowest BCUT2D eigenvalue weighted by Crippen LogP contribution is -2.56. The molecule has 0 unspecified atom stereocenters. The normalized spacial score (nSPS) is 43.0. The van der Waals surface area contributed by atoms with Gasteiger partial charge in [0.2, 0.25) is 0 Å². The first kappa shape index (κ1) is 23.6. The Hall–Kier alpha value is -1.59. The van der Waals surface area contributed by atoms with E-state index in [0.29, 0.717) is 47.3 Å². The molecule has 0 aromatic heterocycles. The maximum absolute atomic E-state index is 11.7. The Morgan fingerprint density at radius 2 is 1.88 bits per heavy atom. The lowest BCUT2D eigenvalue weighted by molar-refractivity contribution is -0.141. The third kappa shape index (κ3) is 3.96. The standard InChI is InChI=1S/C26H43N3O3/c1-16(8-11-22(30)32-4)18-9-10-19-23-20(12-14-26(18,19)3)25(2)13-6-5-7-17(25)15-21(23)28-29-24(27)31/h16-20,23H,5-15H2,1-4H3,(H3,27,29,31)/b28-21-/t16-,17-,18+,19-,20+,23+,25-,26+/m0/s1. The lowest BCUT2D eigenvalue weighted by atomic mass is 9.44. The van der Waals surface area contributed by atoms with Crippen molar-refractivity contribution in [3.05, 3.63) is 0 Å². The molecule has 6 nitrogen and oxygen atoms in total. The minimum Gasteiger partial charge on any atom is -0.469 e. The molecule has 4 aliphatic rings. The van der Waals surface area contributed by atoms with Crippen LogP contribution in [-0.4, -0.2) is 24.8 Å². The number of fused-ring (bicyclic) bond motifs is 5. The van der Waals surface area contributed by atoms with Crippen molar-refractivity contribution < 1.29 is 14.3 Å². The van der Waals surface area contributed by atoms with Crippen molar-refractivity contribution >= 4 is 17.7 Å². The van der Waals surface area contributed by atoms with Gasteiger partial charge in [0, 0.05) is 18.1 Å². The number of hydrogen-bond donors (Lipinski definition) is 2. The summed E-state index contributed by atoms with van der Waals surface area (Å²) >= 11 is 0. The Balaban J connectivity index is 1.61. The molecule has 4 rings (SSSR count). The first-order chi connectivity index (χ1) is 15.2. The second kappa shape index (κ2) is 8.98. The van der Waals surface area contributed by atoms with E-state index in [9.17, 15) is 9.59 Å². The lowest BCUT2D eigenvalue weighted by Gasteiger charge is -2.61. The highest BCUT2D eigenvalue weighted by Crippen LogP contribution is 2.67. The van der Waals surface area contributed by atoms with Gasteiger partial charge in [-0.3, -0.25) is 4.79 Å². The van der Waals surface area contributed by atoms with Gasteiger partial charge in [0.1, 0.15) is 0 Å². The van der Waals surface area contributed by atoms with Gasteiger partial charge in [-0.15, -0.1) is 0 Å². The molecular weight excluding hydrogens is 402 g/mol. The van der Waals surface area contributed by atoms with Crippen LogP contribution >= 0.6 is 0 Å². The summed E-state index contributed by atoms with van der Waals surface area (Å²) in [6.07, 6.45) is 12.7. The summed E-state index contributed by atoms with van der Waals surface area (Å²) in [4.78, 5) is 23.2. The largest absolute Gasteiger partial charge is 0.469 e. The smallest absolute Gasteiger partial charge is 0.332 e. The fraction of sp³-hybridized carbons (Fsp3) is 0.885. The second-order valence-corrected chi connectivity index (χ2v) is 11.8. The predicted octanol–water partition coefficient (Wildman–Crippen LogP) is 5.26. The molecule has 4 saturated carbocycles. The van der Waals surface area contributed by atoms with Gasteiger partial charge in [0.15, 0.2) is 0 Å². The molecule has 4 fully saturated rings. The zero-order valence-electron chi connectivity index (χ0n) is 20.5. The Morgan fingerprint density at radius 1 is 1.12 bits per heavy atom. The van der Waals surface area contributed by atoms with Gasteiger partial charge < -0.3 is 10.5 Å². The minimum absolute atomic E-state index is 0.101. The maximum Gasteiger partial charge on any atom is 0.332 e. The summed E-state index contributed by atoms with van der Waals surface area (Å²) in [6.45, 7) is 7.39. The van der Waals surface area contributed by atoms with Crippen molar-refractivity contribution in [2.75, 3.05) is 7.11 Å². The molecule has 6 heteroatoms. The van der Waals surface area contributed by atoms with Crippen molar-refractivity contribution in [1.82, 2.24) is 5.43 Å². The molecule has 32 heavy (non-hydrogen) atoms. The van der Waals surface area contributed by atoms with Crippen LogP contribution in [0.2, 0.25) is 0 Å². The summed E-state index contributed by atoms with van der Waals surface area (Å²) < 4.78 is 4.89. The Bertz CT molecular complexity index is 767. The molecule has 0 aromatic carbocycles.